The van der Waals surface area contributed by atoms with Crippen molar-refractivity contribution in [2.75, 3.05) is 5.73 Å². The number of carboxylic acids is 1. The number of nitrogen functional groups attached to an aromatic ring is 1. The third kappa shape index (κ3) is 1.35. The van der Waals surface area contributed by atoms with Gasteiger partial charge in [0, 0.05) is 0 Å². The molecular formula is C7H7N5O2. The van der Waals surface area contributed by atoms with Crippen molar-refractivity contribution >= 4 is 23.0 Å². The van der Waals surface area contributed by atoms with Crippen LogP contribution >= 0.6 is 0 Å². The first kappa shape index (κ1) is 8.42. The first-order chi connectivity index (χ1) is 6.66. The monoisotopic (exact) mass is 193 g/mol. The molecule has 0 radical (unpaired) electrons. The number of rotatable bonds is 2. The SMILES string of the molecule is Nc1nc(CC(=O)O)nc2nc[nH]c12. The molecule has 0 spiro atoms. The van der Waals surface area contributed by atoms with Gasteiger partial charge in [0.15, 0.2) is 11.5 Å². The topological polar surface area (TPSA) is 118 Å². The molecule has 14 heavy (non-hydrogen) atoms. The Morgan fingerprint density at radius 2 is 2.36 bits per heavy atom. The number of fused-ring (bicyclic) bond motifs is 1. The predicted octanol–water partition coefficient (Wildman–Crippen LogP) is -0.438. The molecule has 2 aromatic heterocycles. The smallest absolute Gasteiger partial charge is 0.311 e. The molecule has 7 heteroatoms. The number of anilines is 1. The summed E-state index contributed by atoms with van der Waals surface area (Å²) in [4.78, 5) is 24.8. The zero-order valence-corrected chi connectivity index (χ0v) is 7.06. The van der Waals surface area contributed by atoms with Crippen LogP contribution in [0.4, 0.5) is 5.82 Å². The third-order valence-electron chi connectivity index (χ3n) is 1.67. The van der Waals surface area contributed by atoms with Crippen molar-refractivity contribution in [1.82, 2.24) is 19.9 Å². The number of nitrogens with two attached hydrogens (primary N) is 1. The van der Waals surface area contributed by atoms with Crippen LogP contribution in [0.2, 0.25) is 0 Å². The van der Waals surface area contributed by atoms with Crippen molar-refractivity contribution < 1.29 is 9.90 Å². The number of carboxylic acid groups (broad SMARTS) is 1. The number of aromatic amines is 1. The Kier molecular flexibility index (Phi) is 1.77. The molecule has 0 amide bonds. The lowest BCUT2D eigenvalue weighted by Gasteiger charge is -1.98. The fraction of sp³-hybridized carbons (Fsp3) is 0.143. The largest absolute Gasteiger partial charge is 0.481 e. The van der Waals surface area contributed by atoms with Gasteiger partial charge < -0.3 is 15.8 Å². The standard InChI is InChI=1S/C7H7N5O2/c8-6-5-7(10-2-9-5)12-3(11-6)1-4(13)14/h2H,1H2,(H,13,14)(H3,8,9,10,11,12). The Labute approximate surface area is 78.0 Å². The maximum absolute atomic E-state index is 10.4. The van der Waals surface area contributed by atoms with Crippen molar-refractivity contribution in [2.24, 2.45) is 0 Å². The lowest BCUT2D eigenvalue weighted by atomic mass is 10.4. The van der Waals surface area contributed by atoms with Crippen LogP contribution in [-0.2, 0) is 11.2 Å². The number of nitrogens with one attached hydrogen (secondary N) is 1. The molecule has 7 nitrogen and oxygen atoms in total. The average molecular weight is 193 g/mol. The summed E-state index contributed by atoms with van der Waals surface area (Å²) in [5, 5.41) is 8.53. The molecule has 0 fully saturated rings. The molecule has 0 unspecified atom stereocenters. The molecule has 0 bridgehead atoms. The number of aromatic nitrogens is 4. The quantitative estimate of drug-likeness (QED) is 0.595. The zero-order valence-electron chi connectivity index (χ0n) is 7.06. The summed E-state index contributed by atoms with van der Waals surface area (Å²) in [6.45, 7) is 0. The lowest BCUT2D eigenvalue weighted by molar-refractivity contribution is -0.136. The zero-order chi connectivity index (χ0) is 10.1. The first-order valence-corrected chi connectivity index (χ1v) is 3.84. The van der Waals surface area contributed by atoms with Gasteiger partial charge in [0.2, 0.25) is 0 Å². The number of hydrogen-bond acceptors (Lipinski definition) is 5. The van der Waals surface area contributed by atoms with E-state index in [1.807, 2.05) is 0 Å². The van der Waals surface area contributed by atoms with Crippen molar-refractivity contribution in [2.45, 2.75) is 6.42 Å². The molecule has 2 rings (SSSR count). The van der Waals surface area contributed by atoms with Gasteiger partial charge in [0.05, 0.1) is 6.33 Å². The molecular weight excluding hydrogens is 186 g/mol. The molecule has 0 saturated heterocycles. The van der Waals surface area contributed by atoms with Crippen molar-refractivity contribution in [3.8, 4) is 0 Å². The normalized spacial score (nSPS) is 10.6. The second kappa shape index (κ2) is 2.95. The van der Waals surface area contributed by atoms with Crippen molar-refractivity contribution in [3.63, 3.8) is 0 Å². The highest BCUT2D eigenvalue weighted by Gasteiger charge is 2.09. The molecule has 0 aliphatic carbocycles. The van der Waals surface area contributed by atoms with E-state index in [2.05, 4.69) is 19.9 Å². The Bertz CT molecular complexity index is 492. The summed E-state index contributed by atoms with van der Waals surface area (Å²) >= 11 is 0. The van der Waals surface area contributed by atoms with Crippen LogP contribution in [0.3, 0.4) is 0 Å². The van der Waals surface area contributed by atoms with E-state index >= 15 is 0 Å². The summed E-state index contributed by atoms with van der Waals surface area (Å²) in [5.41, 5.74) is 6.47. The molecule has 2 aromatic rings. The van der Waals surface area contributed by atoms with Crippen LogP contribution in [0, 0.1) is 0 Å². The van der Waals surface area contributed by atoms with Gasteiger partial charge in [-0.15, -0.1) is 0 Å². The third-order valence-corrected chi connectivity index (χ3v) is 1.67. The van der Waals surface area contributed by atoms with E-state index in [0.29, 0.717) is 11.2 Å². The highest BCUT2D eigenvalue weighted by Crippen LogP contribution is 2.12. The summed E-state index contributed by atoms with van der Waals surface area (Å²) in [5.74, 6) is -0.627. The Morgan fingerprint density at radius 3 is 3.07 bits per heavy atom. The van der Waals surface area contributed by atoms with E-state index in [1.54, 1.807) is 0 Å². The van der Waals surface area contributed by atoms with Crippen LogP contribution in [0.25, 0.3) is 11.2 Å². The molecule has 2 heterocycles. The van der Waals surface area contributed by atoms with E-state index in [4.69, 9.17) is 10.8 Å². The summed E-state index contributed by atoms with van der Waals surface area (Å²) in [7, 11) is 0. The summed E-state index contributed by atoms with van der Waals surface area (Å²) in [6.07, 6.45) is 1.17. The second-order valence-corrected chi connectivity index (χ2v) is 2.70. The predicted molar refractivity (Wildman–Crippen MR) is 47.4 cm³/mol. The highest BCUT2D eigenvalue weighted by atomic mass is 16.4. The minimum atomic E-state index is -1.00. The fourth-order valence-electron chi connectivity index (χ4n) is 1.12. The van der Waals surface area contributed by atoms with Crippen LogP contribution < -0.4 is 5.73 Å². The molecule has 0 aromatic carbocycles. The summed E-state index contributed by atoms with van der Waals surface area (Å²) < 4.78 is 0. The molecule has 4 N–H and O–H groups in total. The maximum Gasteiger partial charge on any atom is 0.311 e. The van der Waals surface area contributed by atoms with E-state index in [9.17, 15) is 4.79 Å². The summed E-state index contributed by atoms with van der Waals surface area (Å²) in [6, 6.07) is 0. The van der Waals surface area contributed by atoms with Gasteiger partial charge in [-0.3, -0.25) is 4.79 Å². The van der Waals surface area contributed by atoms with E-state index in [-0.39, 0.29) is 18.1 Å². The van der Waals surface area contributed by atoms with E-state index < -0.39 is 5.97 Å². The van der Waals surface area contributed by atoms with Crippen molar-refractivity contribution in [3.05, 3.63) is 12.2 Å². The van der Waals surface area contributed by atoms with Gasteiger partial charge in [-0.05, 0) is 0 Å². The van der Waals surface area contributed by atoms with Crippen LogP contribution in [0.15, 0.2) is 6.33 Å². The number of H-pyrrole nitrogens is 1. The van der Waals surface area contributed by atoms with Crippen LogP contribution in [-0.4, -0.2) is 31.0 Å². The molecule has 72 valence electrons. The average Bonchev–Trinajstić information content (AvgIpc) is 2.50. The van der Waals surface area contributed by atoms with Gasteiger partial charge in [-0.2, -0.15) is 0 Å². The number of aliphatic carboxylic acids is 1. The number of hydrogen-bond donors (Lipinski definition) is 3. The minimum Gasteiger partial charge on any atom is -0.481 e. The van der Waals surface area contributed by atoms with Gasteiger partial charge in [0.25, 0.3) is 0 Å². The Morgan fingerprint density at radius 1 is 1.57 bits per heavy atom. The fourth-order valence-corrected chi connectivity index (χ4v) is 1.12. The van der Waals surface area contributed by atoms with Crippen LogP contribution in [0.5, 0.6) is 0 Å². The number of nitrogens with zero attached hydrogens (tertiary/aromatic N) is 3. The number of carbonyl (C=O) groups is 1. The minimum absolute atomic E-state index is 0.162. The van der Waals surface area contributed by atoms with Gasteiger partial charge >= 0.3 is 5.97 Å². The van der Waals surface area contributed by atoms with E-state index in [1.165, 1.54) is 6.33 Å². The Balaban J connectivity index is 2.53. The molecule has 0 atom stereocenters. The first-order valence-electron chi connectivity index (χ1n) is 3.84. The number of imidazole rings is 1. The lowest BCUT2D eigenvalue weighted by Crippen LogP contribution is -2.07. The van der Waals surface area contributed by atoms with Crippen molar-refractivity contribution in [1.29, 1.82) is 0 Å². The van der Waals surface area contributed by atoms with Gasteiger partial charge in [-0.25, -0.2) is 15.0 Å². The molecule has 0 saturated carbocycles. The Hall–Kier alpha value is -2.18. The molecule has 0 aliphatic rings. The second-order valence-electron chi connectivity index (χ2n) is 2.70. The van der Waals surface area contributed by atoms with Gasteiger partial charge in [0.1, 0.15) is 17.8 Å². The molecule has 0 aliphatic heterocycles. The highest BCUT2D eigenvalue weighted by molar-refractivity contribution is 5.81. The van der Waals surface area contributed by atoms with E-state index in [0.717, 1.165) is 0 Å². The maximum atomic E-state index is 10.4. The van der Waals surface area contributed by atoms with Crippen LogP contribution in [0.1, 0.15) is 5.82 Å². The van der Waals surface area contributed by atoms with Gasteiger partial charge in [-0.1, -0.05) is 0 Å².